The molecule has 1 aromatic carbocycles. The molecule has 2 aliphatic heterocycles. The van der Waals surface area contributed by atoms with Crippen LogP contribution in [0, 0.1) is 5.92 Å². The largest absolute Gasteiger partial charge is 0.385 e. The van der Waals surface area contributed by atoms with Crippen molar-refractivity contribution in [2.45, 2.75) is 37.8 Å². The number of nitrogens with one attached hydrogen (secondary N) is 1. The zero-order chi connectivity index (χ0) is 23.0. The molecule has 0 bridgehead atoms. The van der Waals surface area contributed by atoms with E-state index in [1.165, 1.54) is 0 Å². The summed E-state index contributed by atoms with van der Waals surface area (Å²) in [5.41, 5.74) is 2.18. The molecule has 2 atom stereocenters. The maximum absolute atomic E-state index is 13.3. The molecule has 3 heterocycles. The van der Waals surface area contributed by atoms with Gasteiger partial charge in [-0.2, -0.15) is 0 Å². The van der Waals surface area contributed by atoms with Crippen molar-refractivity contribution in [2.75, 3.05) is 46.4 Å². The normalized spacial score (nSPS) is 21.2. The maximum atomic E-state index is 13.3. The van der Waals surface area contributed by atoms with Crippen molar-refractivity contribution in [1.29, 1.82) is 0 Å². The maximum Gasteiger partial charge on any atom is 0.223 e. The Bertz CT molecular complexity index is 874. The summed E-state index contributed by atoms with van der Waals surface area (Å²) in [6, 6.07) is 14.3. The quantitative estimate of drug-likeness (QED) is 0.636. The number of aromatic nitrogens is 1. The van der Waals surface area contributed by atoms with Gasteiger partial charge < -0.3 is 15.0 Å². The number of pyridine rings is 1. The van der Waals surface area contributed by atoms with Crippen molar-refractivity contribution in [2.24, 2.45) is 5.92 Å². The Morgan fingerprint density at radius 1 is 1.18 bits per heavy atom. The molecule has 2 fully saturated rings. The number of nitrogens with zero attached hydrogens (tertiary/aromatic N) is 3. The van der Waals surface area contributed by atoms with Gasteiger partial charge in [-0.15, -0.1) is 0 Å². The van der Waals surface area contributed by atoms with E-state index < -0.39 is 0 Å². The second-order valence-corrected chi connectivity index (χ2v) is 9.56. The molecule has 1 unspecified atom stereocenters. The van der Waals surface area contributed by atoms with Crippen LogP contribution in [-0.4, -0.2) is 73.2 Å². The fourth-order valence-corrected chi connectivity index (χ4v) is 5.27. The molecule has 2 aliphatic rings. The van der Waals surface area contributed by atoms with E-state index in [0.717, 1.165) is 68.3 Å². The number of hydrogen-bond acceptors (Lipinski definition) is 5. The summed E-state index contributed by atoms with van der Waals surface area (Å²) in [6.45, 7) is 5.02. The number of hydrogen-bond donors (Lipinski definition) is 1. The lowest BCUT2D eigenvalue weighted by Crippen LogP contribution is -2.56. The van der Waals surface area contributed by atoms with Crippen molar-refractivity contribution >= 4 is 17.5 Å². The van der Waals surface area contributed by atoms with E-state index in [-0.39, 0.29) is 12.1 Å². The topological polar surface area (TPSA) is 57.7 Å². The molecule has 178 valence electrons. The highest BCUT2D eigenvalue weighted by molar-refractivity contribution is 6.30. The van der Waals surface area contributed by atoms with Crippen LogP contribution in [0.1, 0.15) is 43.0 Å². The lowest BCUT2D eigenvalue weighted by Gasteiger charge is -2.45. The van der Waals surface area contributed by atoms with Gasteiger partial charge in [-0.05, 0) is 68.1 Å². The smallest absolute Gasteiger partial charge is 0.223 e. The molecule has 4 rings (SSSR count). The number of carbonyl (C=O) groups is 1. The molecule has 2 aromatic rings. The third kappa shape index (κ3) is 6.33. The molecule has 0 aliphatic carbocycles. The van der Waals surface area contributed by atoms with E-state index in [0.29, 0.717) is 24.9 Å². The molecule has 0 saturated carbocycles. The number of carbonyl (C=O) groups excluding carboxylic acids is 1. The molecule has 2 saturated heterocycles. The Labute approximate surface area is 202 Å². The number of benzene rings is 1. The van der Waals surface area contributed by atoms with E-state index in [1.54, 1.807) is 7.11 Å². The number of methoxy groups -OCH3 is 1. The van der Waals surface area contributed by atoms with Gasteiger partial charge in [0.1, 0.15) is 0 Å². The molecule has 1 N–H and O–H groups in total. The van der Waals surface area contributed by atoms with E-state index in [2.05, 4.69) is 38.3 Å². The summed E-state index contributed by atoms with van der Waals surface area (Å²) in [5.74, 6) is 0.790. The standard InChI is InChI=1S/C26H35ClN4O2/c1-33-17-11-23-19-30(15-16-31(23)25(32)18-20-9-13-28-14-10-20)26(24-4-2-3-12-29-24)21-5-7-22(27)8-6-21/h2-8,12,20,23,26,28H,9-11,13-19H2,1H3/t23-,26?/m0/s1. The Balaban J connectivity index is 1.53. The second-order valence-electron chi connectivity index (χ2n) is 9.12. The fourth-order valence-electron chi connectivity index (χ4n) is 5.14. The molecule has 1 aromatic heterocycles. The van der Waals surface area contributed by atoms with E-state index in [4.69, 9.17) is 16.3 Å². The molecule has 0 radical (unpaired) electrons. The van der Waals surface area contributed by atoms with Crippen molar-refractivity contribution < 1.29 is 9.53 Å². The first-order chi connectivity index (χ1) is 16.2. The highest BCUT2D eigenvalue weighted by atomic mass is 35.5. The van der Waals surface area contributed by atoms with Crippen molar-refractivity contribution in [3.63, 3.8) is 0 Å². The second kappa shape index (κ2) is 11.9. The highest BCUT2D eigenvalue weighted by Crippen LogP contribution is 2.31. The number of ether oxygens (including phenoxy) is 1. The number of halogens is 1. The van der Waals surface area contributed by atoms with Crippen molar-refractivity contribution in [3.05, 3.63) is 64.9 Å². The summed E-state index contributed by atoms with van der Waals surface area (Å²) in [5, 5.41) is 4.12. The summed E-state index contributed by atoms with van der Waals surface area (Å²) in [4.78, 5) is 22.6. The minimum atomic E-state index is 0.0233. The molecular formula is C26H35ClN4O2. The minimum Gasteiger partial charge on any atom is -0.385 e. The lowest BCUT2D eigenvalue weighted by molar-refractivity contribution is -0.138. The van der Waals surface area contributed by atoms with Gasteiger partial charge in [-0.25, -0.2) is 0 Å². The molecule has 6 nitrogen and oxygen atoms in total. The van der Waals surface area contributed by atoms with Crippen LogP contribution >= 0.6 is 11.6 Å². The first kappa shape index (κ1) is 24.1. The van der Waals surface area contributed by atoms with E-state index >= 15 is 0 Å². The van der Waals surface area contributed by atoms with Crippen molar-refractivity contribution in [1.82, 2.24) is 20.1 Å². The van der Waals surface area contributed by atoms with Gasteiger partial charge in [0.2, 0.25) is 5.91 Å². The van der Waals surface area contributed by atoms with Crippen LogP contribution in [0.15, 0.2) is 48.7 Å². The van der Waals surface area contributed by atoms with Crippen LogP contribution < -0.4 is 5.32 Å². The summed E-state index contributed by atoms with van der Waals surface area (Å²) < 4.78 is 5.41. The average molecular weight is 471 g/mol. The first-order valence-electron chi connectivity index (χ1n) is 12.0. The van der Waals surface area contributed by atoms with Gasteiger partial charge in [-0.3, -0.25) is 14.7 Å². The number of amides is 1. The van der Waals surface area contributed by atoms with Crippen LogP contribution in [0.2, 0.25) is 5.02 Å². The number of piperazine rings is 1. The van der Waals surface area contributed by atoms with Crippen LogP contribution in [0.3, 0.4) is 0 Å². The van der Waals surface area contributed by atoms with Crippen LogP contribution in [0.25, 0.3) is 0 Å². The third-order valence-corrected chi connectivity index (χ3v) is 7.18. The molecule has 33 heavy (non-hydrogen) atoms. The predicted octanol–water partition coefficient (Wildman–Crippen LogP) is 3.76. The zero-order valence-electron chi connectivity index (χ0n) is 19.5. The minimum absolute atomic E-state index is 0.0233. The Morgan fingerprint density at radius 3 is 2.67 bits per heavy atom. The zero-order valence-corrected chi connectivity index (χ0v) is 20.2. The Morgan fingerprint density at radius 2 is 1.97 bits per heavy atom. The lowest BCUT2D eigenvalue weighted by atomic mass is 9.93. The van der Waals surface area contributed by atoms with Crippen LogP contribution in [0.4, 0.5) is 0 Å². The van der Waals surface area contributed by atoms with Gasteiger partial charge in [-0.1, -0.05) is 29.8 Å². The summed E-state index contributed by atoms with van der Waals surface area (Å²) in [7, 11) is 1.73. The van der Waals surface area contributed by atoms with Gasteiger partial charge in [0.05, 0.1) is 11.7 Å². The third-order valence-electron chi connectivity index (χ3n) is 6.93. The fraction of sp³-hybridized carbons (Fsp3) is 0.538. The SMILES string of the molecule is COCC[C@H]1CN(C(c2ccc(Cl)cc2)c2ccccn2)CCN1C(=O)CC1CCNCC1. The van der Waals surface area contributed by atoms with Crippen LogP contribution in [-0.2, 0) is 9.53 Å². The highest BCUT2D eigenvalue weighted by Gasteiger charge is 2.35. The Kier molecular flexibility index (Phi) is 8.73. The van der Waals surface area contributed by atoms with Crippen LogP contribution in [0.5, 0.6) is 0 Å². The molecule has 1 amide bonds. The Hall–Kier alpha value is -1.99. The van der Waals surface area contributed by atoms with Crippen molar-refractivity contribution in [3.8, 4) is 0 Å². The molecular weight excluding hydrogens is 436 g/mol. The number of rotatable bonds is 8. The monoisotopic (exact) mass is 470 g/mol. The van der Waals surface area contributed by atoms with Gasteiger partial charge in [0, 0.05) is 57.0 Å². The summed E-state index contributed by atoms with van der Waals surface area (Å²) >= 11 is 6.17. The molecule has 0 spiro atoms. The van der Waals surface area contributed by atoms with E-state index in [9.17, 15) is 4.79 Å². The first-order valence-corrected chi connectivity index (χ1v) is 12.4. The molecule has 7 heteroatoms. The van der Waals surface area contributed by atoms with Gasteiger partial charge in [0.25, 0.3) is 0 Å². The van der Waals surface area contributed by atoms with Gasteiger partial charge in [0.15, 0.2) is 0 Å². The average Bonchev–Trinajstić information content (AvgIpc) is 2.85. The van der Waals surface area contributed by atoms with E-state index in [1.807, 2.05) is 30.5 Å². The predicted molar refractivity (Wildman–Crippen MR) is 131 cm³/mol. The number of piperidine rings is 1. The summed E-state index contributed by atoms with van der Waals surface area (Å²) in [6.07, 6.45) is 5.52. The van der Waals surface area contributed by atoms with Gasteiger partial charge >= 0.3 is 0 Å².